The van der Waals surface area contributed by atoms with E-state index >= 15 is 0 Å². The fraction of sp³-hybridized carbons (Fsp3) is 0.867. The molecule has 0 aliphatic heterocycles. The number of nitrogens with one attached hydrogen (secondary N) is 2. The Labute approximate surface area is 127 Å². The van der Waals surface area contributed by atoms with Gasteiger partial charge in [0.2, 0.25) is 0 Å². The summed E-state index contributed by atoms with van der Waals surface area (Å²) >= 11 is 0. The summed E-state index contributed by atoms with van der Waals surface area (Å²) < 4.78 is 10.1. The molecule has 0 aromatic carbocycles. The highest BCUT2D eigenvalue weighted by atomic mass is 16.5. The molecule has 0 aliphatic rings. The van der Waals surface area contributed by atoms with Crippen molar-refractivity contribution in [2.75, 3.05) is 26.9 Å². The third-order valence-corrected chi connectivity index (χ3v) is 3.35. The molecule has 0 aromatic heterocycles. The molecule has 2 atom stereocenters. The largest absolute Gasteiger partial charge is 0.467 e. The average Bonchev–Trinajstić information content (AvgIpc) is 2.50. The van der Waals surface area contributed by atoms with Crippen LogP contribution in [0.25, 0.3) is 0 Å². The molecule has 0 saturated carbocycles. The third-order valence-electron chi connectivity index (χ3n) is 3.35. The quantitative estimate of drug-likeness (QED) is 0.452. The number of hydrogen-bond donors (Lipinski definition) is 2. The number of hydrogen-bond acceptors (Lipinski definition) is 4. The van der Waals surface area contributed by atoms with E-state index in [0.717, 1.165) is 32.3 Å². The predicted molar refractivity (Wildman–Crippen MR) is 82.1 cm³/mol. The molecule has 0 saturated heterocycles. The van der Waals surface area contributed by atoms with E-state index in [1.54, 1.807) is 0 Å². The maximum absolute atomic E-state index is 11.8. The molecule has 0 aliphatic carbocycles. The van der Waals surface area contributed by atoms with Crippen molar-refractivity contribution >= 4 is 12.0 Å². The number of amides is 2. The highest BCUT2D eigenvalue weighted by Crippen LogP contribution is 2.08. The average molecular weight is 302 g/mol. The van der Waals surface area contributed by atoms with E-state index in [1.807, 2.05) is 13.8 Å². The maximum Gasteiger partial charge on any atom is 0.328 e. The highest BCUT2D eigenvalue weighted by Gasteiger charge is 2.26. The molecular formula is C15H30N2O4. The standard InChI is InChI=1S/C15H30N2O4/c1-5-7-10-21-11-8-9-16-15(19)17-13(12(3)6-2)14(18)20-4/h12-13H,5-11H2,1-4H3,(H2,16,17,19)/t12-,13-/m0/s1. The molecule has 0 unspecified atom stereocenters. The second kappa shape index (κ2) is 12.4. The van der Waals surface area contributed by atoms with Gasteiger partial charge in [-0.05, 0) is 18.8 Å². The van der Waals surface area contributed by atoms with Gasteiger partial charge in [-0.25, -0.2) is 9.59 Å². The molecule has 124 valence electrons. The third kappa shape index (κ3) is 9.28. The van der Waals surface area contributed by atoms with Crippen molar-refractivity contribution in [2.24, 2.45) is 5.92 Å². The minimum Gasteiger partial charge on any atom is -0.467 e. The molecule has 21 heavy (non-hydrogen) atoms. The summed E-state index contributed by atoms with van der Waals surface area (Å²) in [5.74, 6) is -0.386. The van der Waals surface area contributed by atoms with Crippen LogP contribution in [0.5, 0.6) is 0 Å². The lowest BCUT2D eigenvalue weighted by atomic mass is 9.99. The fourth-order valence-corrected chi connectivity index (χ4v) is 1.71. The molecule has 0 radical (unpaired) electrons. The van der Waals surface area contributed by atoms with Crippen LogP contribution in [-0.4, -0.2) is 44.9 Å². The topological polar surface area (TPSA) is 76.7 Å². The number of esters is 1. The van der Waals surface area contributed by atoms with Crippen LogP contribution in [0.4, 0.5) is 4.79 Å². The number of rotatable bonds is 11. The second-order valence-corrected chi connectivity index (χ2v) is 5.11. The summed E-state index contributed by atoms with van der Waals surface area (Å²) in [4.78, 5) is 23.4. The van der Waals surface area contributed by atoms with E-state index in [0.29, 0.717) is 13.2 Å². The Kier molecular flexibility index (Phi) is 11.7. The lowest BCUT2D eigenvalue weighted by Crippen LogP contribution is -2.49. The van der Waals surface area contributed by atoms with Crippen molar-refractivity contribution in [2.45, 2.75) is 52.5 Å². The van der Waals surface area contributed by atoms with E-state index < -0.39 is 12.0 Å². The van der Waals surface area contributed by atoms with Crippen LogP contribution in [0.3, 0.4) is 0 Å². The Balaban J connectivity index is 3.91. The van der Waals surface area contributed by atoms with Gasteiger partial charge in [0, 0.05) is 19.8 Å². The van der Waals surface area contributed by atoms with Crippen molar-refractivity contribution in [3.05, 3.63) is 0 Å². The summed E-state index contributed by atoms with van der Waals surface area (Å²) in [6.45, 7) is 7.90. The fourth-order valence-electron chi connectivity index (χ4n) is 1.71. The van der Waals surface area contributed by atoms with E-state index in [4.69, 9.17) is 9.47 Å². The number of carbonyl (C=O) groups is 2. The van der Waals surface area contributed by atoms with Crippen molar-refractivity contribution in [3.63, 3.8) is 0 Å². The van der Waals surface area contributed by atoms with E-state index in [2.05, 4.69) is 17.6 Å². The van der Waals surface area contributed by atoms with E-state index in [1.165, 1.54) is 7.11 Å². The van der Waals surface area contributed by atoms with Gasteiger partial charge in [-0.2, -0.15) is 0 Å². The van der Waals surface area contributed by atoms with E-state index in [9.17, 15) is 9.59 Å². The first kappa shape index (κ1) is 19.7. The first-order valence-corrected chi connectivity index (χ1v) is 7.76. The number of carbonyl (C=O) groups excluding carboxylic acids is 2. The van der Waals surface area contributed by atoms with Crippen LogP contribution in [0.2, 0.25) is 0 Å². The number of ether oxygens (including phenoxy) is 2. The highest BCUT2D eigenvalue weighted by molar-refractivity contribution is 5.83. The van der Waals surface area contributed by atoms with Gasteiger partial charge in [0.15, 0.2) is 0 Å². The lowest BCUT2D eigenvalue weighted by Gasteiger charge is -2.22. The molecule has 2 N–H and O–H groups in total. The lowest BCUT2D eigenvalue weighted by molar-refractivity contribution is -0.144. The summed E-state index contributed by atoms with van der Waals surface area (Å²) in [7, 11) is 1.32. The molecule has 6 nitrogen and oxygen atoms in total. The van der Waals surface area contributed by atoms with E-state index in [-0.39, 0.29) is 11.9 Å². The predicted octanol–water partition coefficient (Wildman–Crippen LogP) is 2.08. The van der Waals surface area contributed by atoms with Crippen LogP contribution in [-0.2, 0) is 14.3 Å². The molecule has 0 fully saturated rings. The zero-order valence-electron chi connectivity index (χ0n) is 13.7. The van der Waals surface area contributed by atoms with Crippen molar-refractivity contribution in [1.82, 2.24) is 10.6 Å². The van der Waals surface area contributed by atoms with Crippen molar-refractivity contribution in [1.29, 1.82) is 0 Å². The van der Waals surface area contributed by atoms with Gasteiger partial charge in [0.05, 0.1) is 7.11 Å². The summed E-state index contributed by atoms with van der Waals surface area (Å²) in [5.41, 5.74) is 0. The maximum atomic E-state index is 11.8. The first-order chi connectivity index (χ1) is 10.1. The molecule has 0 spiro atoms. The Bertz CT molecular complexity index is 297. The Morgan fingerprint density at radius 1 is 1.14 bits per heavy atom. The molecular weight excluding hydrogens is 272 g/mol. The van der Waals surface area contributed by atoms with Crippen molar-refractivity contribution < 1.29 is 19.1 Å². The smallest absolute Gasteiger partial charge is 0.328 e. The Morgan fingerprint density at radius 2 is 1.81 bits per heavy atom. The summed E-state index contributed by atoms with van der Waals surface area (Å²) in [5, 5.41) is 5.39. The van der Waals surface area contributed by atoms with Crippen molar-refractivity contribution in [3.8, 4) is 0 Å². The number of unbranched alkanes of at least 4 members (excludes halogenated alkanes) is 1. The SMILES string of the molecule is CCCCOCCCNC(=O)N[C@H](C(=O)OC)[C@@H](C)CC. The van der Waals surface area contributed by atoms with Crippen LogP contribution < -0.4 is 10.6 Å². The first-order valence-electron chi connectivity index (χ1n) is 7.76. The molecule has 0 bridgehead atoms. The summed E-state index contributed by atoms with van der Waals surface area (Å²) in [6, 6.07) is -0.958. The zero-order valence-corrected chi connectivity index (χ0v) is 13.7. The monoisotopic (exact) mass is 302 g/mol. The molecule has 6 heteroatoms. The van der Waals surface area contributed by atoms with Crippen LogP contribution in [0.15, 0.2) is 0 Å². The molecule has 2 amide bonds. The zero-order chi connectivity index (χ0) is 16.1. The van der Waals surface area contributed by atoms with Crippen LogP contribution in [0.1, 0.15) is 46.5 Å². The van der Waals surface area contributed by atoms with Crippen LogP contribution >= 0.6 is 0 Å². The van der Waals surface area contributed by atoms with Gasteiger partial charge in [-0.15, -0.1) is 0 Å². The van der Waals surface area contributed by atoms with Gasteiger partial charge in [0.1, 0.15) is 6.04 Å². The minimum absolute atomic E-state index is 0.0283. The molecule has 0 rings (SSSR count). The summed E-state index contributed by atoms with van der Waals surface area (Å²) in [6.07, 6.45) is 3.71. The van der Waals surface area contributed by atoms with Crippen LogP contribution in [0, 0.1) is 5.92 Å². The normalized spacial score (nSPS) is 13.3. The second-order valence-electron chi connectivity index (χ2n) is 5.11. The van der Waals surface area contributed by atoms with Gasteiger partial charge in [0.25, 0.3) is 0 Å². The van der Waals surface area contributed by atoms with Gasteiger partial charge < -0.3 is 20.1 Å². The Morgan fingerprint density at radius 3 is 2.38 bits per heavy atom. The molecule has 0 heterocycles. The minimum atomic E-state index is -0.610. The number of methoxy groups -OCH3 is 1. The van der Waals surface area contributed by atoms with Gasteiger partial charge >= 0.3 is 12.0 Å². The van der Waals surface area contributed by atoms with Gasteiger partial charge in [-0.1, -0.05) is 33.6 Å². The molecule has 0 aromatic rings. The van der Waals surface area contributed by atoms with Gasteiger partial charge in [-0.3, -0.25) is 0 Å². The number of urea groups is 1. The Hall–Kier alpha value is -1.30.